The van der Waals surface area contributed by atoms with Crippen molar-refractivity contribution in [1.82, 2.24) is 4.67 Å². The van der Waals surface area contributed by atoms with E-state index >= 15 is 0 Å². The van der Waals surface area contributed by atoms with E-state index in [1.165, 1.54) is 10.2 Å². The molecule has 0 spiro atoms. The minimum Gasteiger partial charge on any atom is -0.312 e. The molecule has 4 nitrogen and oxygen atoms in total. The topological polar surface area (TPSA) is 49.8 Å². The Morgan fingerprint density at radius 1 is 0.957 bits per heavy atom. The molecule has 1 unspecified atom stereocenters. The highest BCUT2D eigenvalue weighted by atomic mass is 31.2. The van der Waals surface area contributed by atoms with Crippen LogP contribution in [0.25, 0.3) is 0 Å². The van der Waals surface area contributed by atoms with Crippen LogP contribution in [-0.4, -0.2) is 29.8 Å². The van der Waals surface area contributed by atoms with Crippen molar-refractivity contribution in [2.45, 2.75) is 19.3 Å². The fraction of sp³-hybridized carbons (Fsp3) is 0.333. The molecular weight excluding hydrogens is 309 g/mol. The monoisotopic (exact) mass is 333 g/mol. The highest BCUT2D eigenvalue weighted by molar-refractivity contribution is 7.50. The Bertz CT molecular complexity index is 619. The Kier molecular flexibility index (Phi) is 7.00. The van der Waals surface area contributed by atoms with Gasteiger partial charge in [-0.1, -0.05) is 60.7 Å². The van der Waals surface area contributed by atoms with Crippen LogP contribution in [0.1, 0.15) is 17.5 Å². The first kappa shape index (κ1) is 17.9. The molecule has 0 fully saturated rings. The Hall–Kier alpha value is -1.45. The molecule has 0 heterocycles. The van der Waals surface area contributed by atoms with Crippen LogP contribution in [0, 0.1) is 0 Å². The zero-order chi connectivity index (χ0) is 16.5. The number of benzene rings is 2. The fourth-order valence-corrected chi connectivity index (χ4v) is 3.18. The van der Waals surface area contributed by atoms with Gasteiger partial charge in [-0.25, -0.2) is 9.24 Å². The van der Waals surface area contributed by atoms with Gasteiger partial charge < -0.3 is 4.89 Å². The Labute approximate surface area is 138 Å². The summed E-state index contributed by atoms with van der Waals surface area (Å²) in [4.78, 5) is 10.0. The zero-order valence-corrected chi connectivity index (χ0v) is 14.4. The third-order valence-corrected chi connectivity index (χ3v) is 5.29. The van der Waals surface area contributed by atoms with Crippen LogP contribution >= 0.6 is 7.75 Å². The van der Waals surface area contributed by atoms with Crippen molar-refractivity contribution in [3.8, 4) is 0 Å². The van der Waals surface area contributed by atoms with Gasteiger partial charge in [-0.05, 0) is 37.4 Å². The summed E-state index contributed by atoms with van der Waals surface area (Å²) >= 11 is 0. The summed E-state index contributed by atoms with van der Waals surface area (Å²) in [5.74, 6) is 0. The predicted octanol–water partition coefficient (Wildman–Crippen LogP) is 3.91. The molecule has 2 aromatic rings. The summed E-state index contributed by atoms with van der Waals surface area (Å²) in [7, 11) is -2.08. The third kappa shape index (κ3) is 6.28. The lowest BCUT2D eigenvalue weighted by Gasteiger charge is -2.22. The van der Waals surface area contributed by atoms with Gasteiger partial charge in [-0.15, -0.1) is 0 Å². The van der Waals surface area contributed by atoms with E-state index in [2.05, 4.69) is 0 Å². The van der Waals surface area contributed by atoms with Crippen LogP contribution in [0.2, 0.25) is 0 Å². The van der Waals surface area contributed by atoms with Gasteiger partial charge in [0.05, 0.1) is 6.61 Å². The summed E-state index contributed by atoms with van der Waals surface area (Å²) in [6, 6.07) is 20.0. The number of hydrogen-bond donors (Lipinski definition) is 1. The largest absolute Gasteiger partial charge is 0.405 e. The first-order chi connectivity index (χ1) is 11.1. The Morgan fingerprint density at radius 2 is 1.48 bits per heavy atom. The van der Waals surface area contributed by atoms with Gasteiger partial charge in [0, 0.05) is 6.54 Å². The maximum Gasteiger partial charge on any atom is 0.405 e. The minimum absolute atomic E-state index is 0.276. The molecule has 0 amide bonds. The van der Waals surface area contributed by atoms with E-state index in [9.17, 15) is 9.46 Å². The van der Waals surface area contributed by atoms with Crippen LogP contribution in [0.3, 0.4) is 0 Å². The van der Waals surface area contributed by atoms with Crippen molar-refractivity contribution >= 4 is 7.75 Å². The highest BCUT2D eigenvalue weighted by Gasteiger charge is 2.25. The fourth-order valence-electron chi connectivity index (χ4n) is 2.26. The molecule has 1 N–H and O–H groups in total. The molecule has 0 aromatic heterocycles. The molecule has 0 bridgehead atoms. The van der Waals surface area contributed by atoms with Gasteiger partial charge in [0.1, 0.15) is 0 Å². The molecule has 0 saturated heterocycles. The molecule has 0 saturated carbocycles. The van der Waals surface area contributed by atoms with Crippen LogP contribution < -0.4 is 0 Å². The number of hydrogen-bond acceptors (Lipinski definition) is 2. The summed E-state index contributed by atoms with van der Waals surface area (Å²) in [6.45, 7) is 0.759. The van der Waals surface area contributed by atoms with Crippen molar-refractivity contribution in [3.63, 3.8) is 0 Å². The Morgan fingerprint density at radius 3 is 2.04 bits per heavy atom. The van der Waals surface area contributed by atoms with Crippen molar-refractivity contribution < 1.29 is 14.0 Å². The van der Waals surface area contributed by atoms with Crippen LogP contribution in [0.15, 0.2) is 60.7 Å². The second-order valence-corrected chi connectivity index (χ2v) is 7.45. The van der Waals surface area contributed by atoms with Crippen LogP contribution in [0.4, 0.5) is 0 Å². The number of likely N-dealkylation sites (N-methyl/N-ethyl adjacent to an activating group) is 1. The van der Waals surface area contributed by atoms with E-state index in [4.69, 9.17) is 4.52 Å². The second kappa shape index (κ2) is 8.99. The lowest BCUT2D eigenvalue weighted by Crippen LogP contribution is -2.19. The molecule has 2 aromatic carbocycles. The molecule has 0 aliphatic carbocycles. The van der Waals surface area contributed by atoms with E-state index in [0.29, 0.717) is 6.54 Å². The molecule has 1 atom stereocenters. The average molecular weight is 333 g/mol. The summed E-state index contributed by atoms with van der Waals surface area (Å²) < 4.78 is 18.8. The highest BCUT2D eigenvalue weighted by Crippen LogP contribution is 2.45. The van der Waals surface area contributed by atoms with Gasteiger partial charge in [0.25, 0.3) is 0 Å². The van der Waals surface area contributed by atoms with Gasteiger partial charge in [0.15, 0.2) is 0 Å². The number of nitrogens with zero attached hydrogens (tertiary/aromatic N) is 1. The summed E-state index contributed by atoms with van der Waals surface area (Å²) in [5.41, 5.74) is 2.35. The minimum atomic E-state index is -3.71. The first-order valence-corrected chi connectivity index (χ1v) is 9.38. The van der Waals surface area contributed by atoms with E-state index in [0.717, 1.165) is 24.8 Å². The number of rotatable bonds is 9. The molecule has 124 valence electrons. The van der Waals surface area contributed by atoms with Gasteiger partial charge in [-0.3, -0.25) is 4.52 Å². The first-order valence-electron chi connectivity index (χ1n) is 7.85. The zero-order valence-electron chi connectivity index (χ0n) is 13.5. The Balaban J connectivity index is 1.71. The van der Waals surface area contributed by atoms with E-state index in [1.54, 1.807) is 7.05 Å². The predicted molar refractivity (Wildman–Crippen MR) is 93.3 cm³/mol. The lowest BCUT2D eigenvalue weighted by molar-refractivity contribution is 0.210. The van der Waals surface area contributed by atoms with Gasteiger partial charge in [0.2, 0.25) is 0 Å². The summed E-state index contributed by atoms with van der Waals surface area (Å²) in [6.07, 6.45) is 2.28. The van der Waals surface area contributed by atoms with Crippen molar-refractivity contribution in [2.75, 3.05) is 20.2 Å². The normalized spacial score (nSPS) is 13.9. The molecule has 2 rings (SSSR count). The molecule has 5 heteroatoms. The van der Waals surface area contributed by atoms with Crippen molar-refractivity contribution in [3.05, 3.63) is 71.8 Å². The lowest BCUT2D eigenvalue weighted by atomic mass is 10.1. The average Bonchev–Trinajstić information content (AvgIpc) is 2.58. The standard InChI is InChI=1S/C18H24NO3P/c1-19(15-14-18-11-6-3-7-12-18)23(20,21)22-16-8-13-17-9-4-2-5-10-17/h2-7,9-12H,8,13-16H2,1H3,(H,20,21). The van der Waals surface area contributed by atoms with Crippen LogP contribution in [-0.2, 0) is 21.9 Å². The van der Waals surface area contributed by atoms with Gasteiger partial charge in [-0.2, -0.15) is 0 Å². The molecule has 23 heavy (non-hydrogen) atoms. The van der Waals surface area contributed by atoms with Crippen molar-refractivity contribution in [1.29, 1.82) is 0 Å². The SMILES string of the molecule is CN(CCc1ccccc1)P(=O)(O)OCCCc1ccccc1. The summed E-state index contributed by atoms with van der Waals surface area (Å²) in [5, 5.41) is 0. The molecule has 0 aliphatic rings. The molecule has 0 radical (unpaired) electrons. The van der Waals surface area contributed by atoms with Gasteiger partial charge >= 0.3 is 7.75 Å². The number of aryl methyl sites for hydroxylation is 1. The van der Waals surface area contributed by atoms with E-state index < -0.39 is 7.75 Å². The maximum atomic E-state index is 12.2. The second-order valence-electron chi connectivity index (χ2n) is 5.53. The smallest absolute Gasteiger partial charge is 0.312 e. The van der Waals surface area contributed by atoms with E-state index in [-0.39, 0.29) is 6.61 Å². The van der Waals surface area contributed by atoms with Crippen molar-refractivity contribution in [2.24, 2.45) is 0 Å². The third-order valence-electron chi connectivity index (χ3n) is 3.71. The van der Waals surface area contributed by atoms with Crippen LogP contribution in [0.5, 0.6) is 0 Å². The molecule has 0 aliphatic heterocycles. The van der Waals surface area contributed by atoms with E-state index in [1.807, 2.05) is 60.7 Å². The maximum absolute atomic E-state index is 12.2. The quantitative estimate of drug-likeness (QED) is 0.558. The molecular formula is C18H24NO3P.